The van der Waals surface area contributed by atoms with Gasteiger partial charge in [0, 0.05) is 52.2 Å². The molecular formula is C20H28N6. The Labute approximate surface area is 155 Å². The highest BCUT2D eigenvalue weighted by molar-refractivity contribution is 5.40. The highest BCUT2D eigenvalue weighted by atomic mass is 15.3. The van der Waals surface area contributed by atoms with Gasteiger partial charge in [0.05, 0.1) is 5.69 Å². The zero-order valence-electron chi connectivity index (χ0n) is 15.8. The Balaban J connectivity index is 1.50. The summed E-state index contributed by atoms with van der Waals surface area (Å²) in [6.07, 6.45) is 8.76. The largest absolute Gasteiger partial charge is 0.363 e. The molecule has 138 valence electrons. The number of pyridine rings is 1. The minimum Gasteiger partial charge on any atom is -0.363 e. The first-order valence-corrected chi connectivity index (χ1v) is 9.65. The Hall–Kier alpha value is -2.21. The molecule has 0 spiro atoms. The standard InChI is InChI=1S/C20H28N6/c1-24(2)19-14-16(7-9-21-19)18-6-5-13-26(18)15-17-8-10-22-20(23-17)25-11-3-4-12-25/h7-10,14,18H,3-6,11-13,15H2,1-2H3/t18-/m1/s1. The predicted molar refractivity (Wildman–Crippen MR) is 104 cm³/mol. The van der Waals surface area contributed by atoms with Crippen molar-refractivity contribution in [2.45, 2.75) is 38.3 Å². The monoisotopic (exact) mass is 352 g/mol. The van der Waals surface area contributed by atoms with E-state index in [-0.39, 0.29) is 0 Å². The maximum atomic E-state index is 4.84. The Morgan fingerprint density at radius 2 is 1.85 bits per heavy atom. The van der Waals surface area contributed by atoms with Crippen molar-refractivity contribution in [3.05, 3.63) is 41.9 Å². The van der Waals surface area contributed by atoms with E-state index in [1.165, 1.54) is 31.2 Å². The van der Waals surface area contributed by atoms with E-state index in [4.69, 9.17) is 4.98 Å². The molecule has 0 aliphatic carbocycles. The van der Waals surface area contributed by atoms with Gasteiger partial charge in [0.2, 0.25) is 5.95 Å². The SMILES string of the molecule is CN(C)c1cc([C@H]2CCCN2Cc2ccnc(N3CCCC3)n2)ccn1. The average molecular weight is 352 g/mol. The number of nitrogens with zero attached hydrogens (tertiary/aromatic N) is 6. The van der Waals surface area contributed by atoms with Crippen LogP contribution in [0.5, 0.6) is 0 Å². The summed E-state index contributed by atoms with van der Waals surface area (Å²) in [5.74, 6) is 1.92. The molecule has 2 saturated heterocycles. The van der Waals surface area contributed by atoms with Crippen LogP contribution >= 0.6 is 0 Å². The summed E-state index contributed by atoms with van der Waals surface area (Å²) in [5, 5.41) is 0. The van der Waals surface area contributed by atoms with Crippen LogP contribution < -0.4 is 9.80 Å². The number of hydrogen-bond acceptors (Lipinski definition) is 6. The van der Waals surface area contributed by atoms with Crippen LogP contribution in [0.1, 0.15) is 43.0 Å². The lowest BCUT2D eigenvalue weighted by molar-refractivity contribution is 0.245. The van der Waals surface area contributed by atoms with E-state index in [1.54, 1.807) is 0 Å². The molecule has 0 unspecified atom stereocenters. The number of anilines is 2. The molecule has 2 aromatic rings. The maximum absolute atomic E-state index is 4.84. The number of aromatic nitrogens is 3. The quantitative estimate of drug-likeness (QED) is 0.825. The van der Waals surface area contributed by atoms with E-state index in [2.05, 4.69) is 42.9 Å². The molecule has 0 radical (unpaired) electrons. The molecular weight excluding hydrogens is 324 g/mol. The summed E-state index contributed by atoms with van der Waals surface area (Å²) < 4.78 is 0. The molecule has 4 rings (SSSR count). The second-order valence-corrected chi connectivity index (χ2v) is 7.51. The minimum atomic E-state index is 0.446. The Morgan fingerprint density at radius 1 is 1.04 bits per heavy atom. The molecule has 0 bridgehead atoms. The van der Waals surface area contributed by atoms with Crippen LogP contribution in [0.4, 0.5) is 11.8 Å². The summed E-state index contributed by atoms with van der Waals surface area (Å²) in [4.78, 5) is 20.7. The maximum Gasteiger partial charge on any atom is 0.225 e. The van der Waals surface area contributed by atoms with Gasteiger partial charge in [-0.05, 0) is 56.0 Å². The molecule has 2 fully saturated rings. The Bertz CT molecular complexity index is 741. The lowest BCUT2D eigenvalue weighted by Crippen LogP contribution is -2.25. The van der Waals surface area contributed by atoms with Gasteiger partial charge in [-0.2, -0.15) is 0 Å². The van der Waals surface area contributed by atoms with Gasteiger partial charge < -0.3 is 9.80 Å². The third-order valence-electron chi connectivity index (χ3n) is 5.43. The molecule has 0 N–H and O–H groups in total. The Kier molecular flexibility index (Phi) is 5.02. The summed E-state index contributed by atoms with van der Waals surface area (Å²) in [7, 11) is 4.08. The van der Waals surface area contributed by atoms with Crippen molar-refractivity contribution in [3.8, 4) is 0 Å². The van der Waals surface area contributed by atoms with Crippen LogP contribution in [0.3, 0.4) is 0 Å². The van der Waals surface area contributed by atoms with Crippen molar-refractivity contribution in [3.63, 3.8) is 0 Å². The van der Waals surface area contributed by atoms with Crippen molar-refractivity contribution >= 4 is 11.8 Å². The highest BCUT2D eigenvalue weighted by Crippen LogP contribution is 2.34. The number of likely N-dealkylation sites (tertiary alicyclic amines) is 1. The van der Waals surface area contributed by atoms with Crippen molar-refractivity contribution in [2.24, 2.45) is 0 Å². The second-order valence-electron chi connectivity index (χ2n) is 7.51. The second kappa shape index (κ2) is 7.58. The van der Waals surface area contributed by atoms with E-state index in [0.717, 1.165) is 43.6 Å². The lowest BCUT2D eigenvalue weighted by Gasteiger charge is -2.25. The van der Waals surface area contributed by atoms with Crippen LogP contribution in [-0.2, 0) is 6.54 Å². The molecule has 2 aromatic heterocycles. The van der Waals surface area contributed by atoms with E-state index in [9.17, 15) is 0 Å². The molecule has 2 aliphatic heterocycles. The van der Waals surface area contributed by atoms with E-state index >= 15 is 0 Å². The predicted octanol–water partition coefficient (Wildman–Crippen LogP) is 2.87. The first-order valence-electron chi connectivity index (χ1n) is 9.65. The third-order valence-corrected chi connectivity index (χ3v) is 5.43. The number of hydrogen-bond donors (Lipinski definition) is 0. The van der Waals surface area contributed by atoms with Crippen molar-refractivity contribution < 1.29 is 0 Å². The van der Waals surface area contributed by atoms with E-state index in [1.807, 2.05) is 26.5 Å². The summed E-state index contributed by atoms with van der Waals surface area (Å²) >= 11 is 0. The van der Waals surface area contributed by atoms with Crippen LogP contribution in [0, 0.1) is 0 Å². The van der Waals surface area contributed by atoms with Crippen LogP contribution in [0.25, 0.3) is 0 Å². The highest BCUT2D eigenvalue weighted by Gasteiger charge is 2.27. The zero-order chi connectivity index (χ0) is 17.9. The normalized spacial score (nSPS) is 20.7. The van der Waals surface area contributed by atoms with E-state index in [0.29, 0.717) is 6.04 Å². The van der Waals surface area contributed by atoms with Crippen LogP contribution in [0.15, 0.2) is 30.6 Å². The minimum absolute atomic E-state index is 0.446. The van der Waals surface area contributed by atoms with Crippen molar-refractivity contribution in [2.75, 3.05) is 43.5 Å². The number of rotatable bonds is 5. The zero-order valence-corrected chi connectivity index (χ0v) is 15.8. The van der Waals surface area contributed by atoms with Gasteiger partial charge in [0.15, 0.2) is 0 Å². The van der Waals surface area contributed by atoms with Gasteiger partial charge >= 0.3 is 0 Å². The molecule has 0 aromatic carbocycles. The van der Waals surface area contributed by atoms with Gasteiger partial charge in [-0.25, -0.2) is 15.0 Å². The Morgan fingerprint density at radius 3 is 2.65 bits per heavy atom. The molecule has 0 amide bonds. The fourth-order valence-electron chi connectivity index (χ4n) is 4.03. The summed E-state index contributed by atoms with van der Waals surface area (Å²) in [6, 6.07) is 6.89. The van der Waals surface area contributed by atoms with Gasteiger partial charge in [-0.15, -0.1) is 0 Å². The van der Waals surface area contributed by atoms with Gasteiger partial charge in [0.25, 0.3) is 0 Å². The first kappa shape index (κ1) is 17.2. The van der Waals surface area contributed by atoms with Gasteiger partial charge in [-0.1, -0.05) is 0 Å². The average Bonchev–Trinajstić information content (AvgIpc) is 3.34. The van der Waals surface area contributed by atoms with Crippen molar-refractivity contribution in [1.82, 2.24) is 19.9 Å². The lowest BCUT2D eigenvalue weighted by atomic mass is 10.1. The molecule has 1 atom stereocenters. The fourth-order valence-corrected chi connectivity index (χ4v) is 4.03. The molecule has 2 aliphatic rings. The van der Waals surface area contributed by atoms with Gasteiger partial charge in [0.1, 0.15) is 5.82 Å². The molecule has 0 saturated carbocycles. The van der Waals surface area contributed by atoms with Gasteiger partial charge in [-0.3, -0.25) is 4.90 Å². The molecule has 4 heterocycles. The fraction of sp³-hybridized carbons (Fsp3) is 0.550. The van der Waals surface area contributed by atoms with Crippen LogP contribution in [-0.4, -0.2) is 53.6 Å². The summed E-state index contributed by atoms with van der Waals surface area (Å²) in [5.41, 5.74) is 2.48. The van der Waals surface area contributed by atoms with E-state index < -0.39 is 0 Å². The third kappa shape index (κ3) is 3.65. The molecule has 6 nitrogen and oxygen atoms in total. The smallest absolute Gasteiger partial charge is 0.225 e. The molecule has 6 heteroatoms. The summed E-state index contributed by atoms with van der Waals surface area (Å²) in [6.45, 7) is 4.17. The van der Waals surface area contributed by atoms with Crippen LogP contribution in [0.2, 0.25) is 0 Å². The topological polar surface area (TPSA) is 48.4 Å². The first-order chi connectivity index (χ1) is 12.7. The van der Waals surface area contributed by atoms with Crippen molar-refractivity contribution in [1.29, 1.82) is 0 Å². The molecule has 26 heavy (non-hydrogen) atoms.